The second kappa shape index (κ2) is 11.8. The Kier molecular flexibility index (Phi) is 8.04. The lowest BCUT2D eigenvalue weighted by atomic mass is 9.94. The summed E-state index contributed by atoms with van der Waals surface area (Å²) >= 11 is 0. The number of aryl methyl sites for hydroxylation is 2. The van der Waals surface area contributed by atoms with Crippen LogP contribution >= 0.6 is 0 Å². The van der Waals surface area contributed by atoms with Crippen molar-refractivity contribution in [1.82, 2.24) is 15.1 Å². The summed E-state index contributed by atoms with van der Waals surface area (Å²) in [6, 6.07) is 12.6. The molecule has 2 amide bonds. The first-order valence-corrected chi connectivity index (χ1v) is 13.6. The summed E-state index contributed by atoms with van der Waals surface area (Å²) in [5.74, 6) is -0.248. The predicted molar refractivity (Wildman–Crippen MR) is 147 cm³/mol. The van der Waals surface area contributed by atoms with Crippen molar-refractivity contribution in [3.63, 3.8) is 0 Å². The maximum Gasteiger partial charge on any atom is 0.337 e. The topological polar surface area (TPSA) is 112 Å². The van der Waals surface area contributed by atoms with Gasteiger partial charge >= 0.3 is 5.97 Å². The third-order valence-corrected chi connectivity index (χ3v) is 7.39. The highest BCUT2D eigenvalue weighted by Crippen LogP contribution is 2.35. The van der Waals surface area contributed by atoms with Gasteiger partial charge in [-0.1, -0.05) is 31.4 Å². The molecule has 0 spiro atoms. The number of benzene rings is 2. The highest BCUT2D eigenvalue weighted by Gasteiger charge is 2.41. The van der Waals surface area contributed by atoms with Crippen LogP contribution in [0.15, 0.2) is 54.7 Å². The lowest BCUT2D eigenvalue weighted by Crippen LogP contribution is -2.52. The molecule has 1 saturated carbocycles. The van der Waals surface area contributed by atoms with Crippen molar-refractivity contribution in [2.24, 2.45) is 7.05 Å². The van der Waals surface area contributed by atoms with E-state index in [1.807, 2.05) is 13.0 Å². The van der Waals surface area contributed by atoms with E-state index in [-0.39, 0.29) is 18.6 Å². The standard InChI is InChI=1S/C30H34N4O6/c1-19-23(17-33(2)32-19)27(28(35)31-21-9-5-4-6-10-21)34(22-15-13-20(14-16-22)30(37)38-3)29(36)26-18-39-24-11-7-8-12-25(24)40-26/h7-8,11-17,21,26-27H,4-6,9-10,18H2,1-3H3,(H,31,35)/t26-,27+/m0/s1. The van der Waals surface area contributed by atoms with E-state index < -0.39 is 24.0 Å². The lowest BCUT2D eigenvalue weighted by molar-refractivity contribution is -0.132. The Balaban J connectivity index is 1.57. The number of anilines is 1. The van der Waals surface area contributed by atoms with Crippen molar-refractivity contribution < 1.29 is 28.6 Å². The number of carbonyl (C=O) groups excluding carboxylic acids is 3. The van der Waals surface area contributed by atoms with Gasteiger partial charge in [0.05, 0.1) is 18.4 Å². The van der Waals surface area contributed by atoms with Gasteiger partial charge in [-0.25, -0.2) is 4.79 Å². The van der Waals surface area contributed by atoms with E-state index in [0.717, 1.165) is 32.1 Å². The molecule has 2 heterocycles. The monoisotopic (exact) mass is 546 g/mol. The number of hydrogen-bond acceptors (Lipinski definition) is 7. The predicted octanol–water partition coefficient (Wildman–Crippen LogP) is 3.88. The SMILES string of the molecule is COC(=O)c1ccc(N(C(=O)[C@@H]2COc3ccccc3O2)[C@@H](C(=O)NC2CCCCC2)c2cn(C)nc2C)cc1. The lowest BCUT2D eigenvalue weighted by Gasteiger charge is -2.36. The van der Waals surface area contributed by atoms with Gasteiger partial charge in [-0.2, -0.15) is 5.10 Å². The van der Waals surface area contributed by atoms with Crippen molar-refractivity contribution in [2.45, 2.75) is 57.2 Å². The minimum atomic E-state index is -1.03. The molecule has 0 saturated heterocycles. The first kappa shape index (κ1) is 27.2. The van der Waals surface area contributed by atoms with Crippen LogP contribution in [-0.2, 0) is 21.4 Å². The van der Waals surface area contributed by atoms with Gasteiger partial charge in [0.1, 0.15) is 12.6 Å². The summed E-state index contributed by atoms with van der Waals surface area (Å²) in [5, 5.41) is 7.67. The number of carbonyl (C=O) groups is 3. The largest absolute Gasteiger partial charge is 0.485 e. The maximum atomic E-state index is 14.3. The van der Waals surface area contributed by atoms with E-state index in [4.69, 9.17) is 14.2 Å². The van der Waals surface area contributed by atoms with E-state index in [2.05, 4.69) is 10.4 Å². The molecule has 0 unspecified atom stereocenters. The van der Waals surface area contributed by atoms with Gasteiger partial charge in [0.2, 0.25) is 12.0 Å². The van der Waals surface area contributed by atoms with Crippen molar-refractivity contribution >= 4 is 23.5 Å². The number of para-hydroxylation sites is 2. The van der Waals surface area contributed by atoms with Gasteiger partial charge in [0, 0.05) is 30.5 Å². The zero-order valence-electron chi connectivity index (χ0n) is 23.0. The van der Waals surface area contributed by atoms with Crippen molar-refractivity contribution in [2.75, 3.05) is 18.6 Å². The van der Waals surface area contributed by atoms with E-state index in [1.54, 1.807) is 60.4 Å². The molecule has 3 aromatic rings. The Bertz CT molecular complexity index is 1380. The number of nitrogens with zero attached hydrogens (tertiary/aromatic N) is 3. The van der Waals surface area contributed by atoms with Gasteiger partial charge in [-0.15, -0.1) is 0 Å². The molecular formula is C30H34N4O6. The third-order valence-electron chi connectivity index (χ3n) is 7.39. The minimum Gasteiger partial charge on any atom is -0.485 e. The van der Waals surface area contributed by atoms with Crippen LogP contribution in [-0.4, -0.2) is 53.4 Å². The summed E-state index contributed by atoms with van der Waals surface area (Å²) in [4.78, 5) is 42.0. The first-order valence-electron chi connectivity index (χ1n) is 13.6. The Morgan fingerprint density at radius 2 is 1.75 bits per heavy atom. The average molecular weight is 547 g/mol. The molecule has 5 rings (SSSR count). The number of esters is 1. The Hall–Kier alpha value is -4.34. The van der Waals surface area contributed by atoms with Crippen molar-refractivity contribution in [3.05, 3.63) is 71.5 Å². The van der Waals surface area contributed by atoms with Crippen LogP contribution in [0.5, 0.6) is 11.5 Å². The molecule has 0 radical (unpaired) electrons. The molecule has 1 aliphatic carbocycles. The molecule has 1 aliphatic heterocycles. The van der Waals surface area contributed by atoms with Crippen LogP contribution in [0.25, 0.3) is 0 Å². The number of hydrogen-bond donors (Lipinski definition) is 1. The third kappa shape index (κ3) is 5.66. The summed E-state index contributed by atoms with van der Waals surface area (Å²) in [6.07, 6.45) is 5.78. The van der Waals surface area contributed by atoms with E-state index >= 15 is 0 Å². The van der Waals surface area contributed by atoms with Gasteiger partial charge < -0.3 is 19.5 Å². The maximum absolute atomic E-state index is 14.3. The molecule has 2 aromatic carbocycles. The zero-order chi connectivity index (χ0) is 28.2. The number of amides is 2. The van der Waals surface area contributed by atoms with Crippen LogP contribution in [0.1, 0.15) is 59.8 Å². The number of nitrogens with one attached hydrogen (secondary N) is 1. The molecule has 0 bridgehead atoms. The van der Waals surface area contributed by atoms with E-state index in [0.29, 0.717) is 34.0 Å². The summed E-state index contributed by atoms with van der Waals surface area (Å²) in [5.41, 5.74) is 1.97. The summed E-state index contributed by atoms with van der Waals surface area (Å²) in [7, 11) is 3.08. The molecule has 1 aromatic heterocycles. The normalized spacial score (nSPS) is 17.5. The molecular weight excluding hydrogens is 512 g/mol. The quantitative estimate of drug-likeness (QED) is 0.448. The fourth-order valence-electron chi connectivity index (χ4n) is 5.39. The van der Waals surface area contributed by atoms with Gasteiger partial charge in [0.25, 0.3) is 5.91 Å². The fourth-order valence-corrected chi connectivity index (χ4v) is 5.39. The highest BCUT2D eigenvalue weighted by molar-refractivity contribution is 6.04. The van der Waals surface area contributed by atoms with Crippen LogP contribution in [0.2, 0.25) is 0 Å². The van der Waals surface area contributed by atoms with E-state index in [9.17, 15) is 14.4 Å². The summed E-state index contributed by atoms with van der Waals surface area (Å²) < 4.78 is 18.4. The number of ether oxygens (including phenoxy) is 3. The Labute approximate surface area is 233 Å². The second-order valence-corrected chi connectivity index (χ2v) is 10.2. The molecule has 10 nitrogen and oxygen atoms in total. The summed E-state index contributed by atoms with van der Waals surface area (Å²) in [6.45, 7) is 1.80. The van der Waals surface area contributed by atoms with Gasteiger partial charge in [-0.3, -0.25) is 19.2 Å². The smallest absolute Gasteiger partial charge is 0.337 e. The second-order valence-electron chi connectivity index (χ2n) is 10.2. The molecule has 40 heavy (non-hydrogen) atoms. The zero-order valence-corrected chi connectivity index (χ0v) is 23.0. The molecule has 1 N–H and O–H groups in total. The molecule has 2 atom stereocenters. The van der Waals surface area contributed by atoms with Crippen LogP contribution in [0, 0.1) is 6.92 Å². The Morgan fingerprint density at radius 1 is 1.05 bits per heavy atom. The highest BCUT2D eigenvalue weighted by atomic mass is 16.6. The molecule has 2 aliphatic rings. The van der Waals surface area contributed by atoms with Gasteiger partial charge in [-0.05, 0) is 56.2 Å². The molecule has 210 valence electrons. The minimum absolute atomic E-state index is 0.0183. The number of fused-ring (bicyclic) bond motifs is 1. The Morgan fingerprint density at radius 3 is 2.40 bits per heavy atom. The number of methoxy groups -OCH3 is 1. The van der Waals surface area contributed by atoms with Crippen molar-refractivity contribution in [1.29, 1.82) is 0 Å². The number of aromatic nitrogens is 2. The fraction of sp³-hybridized carbons (Fsp3) is 0.400. The first-order chi connectivity index (χ1) is 19.4. The van der Waals surface area contributed by atoms with Crippen LogP contribution < -0.4 is 19.7 Å². The average Bonchev–Trinajstić information content (AvgIpc) is 3.32. The van der Waals surface area contributed by atoms with Crippen LogP contribution in [0.3, 0.4) is 0 Å². The van der Waals surface area contributed by atoms with Crippen LogP contribution in [0.4, 0.5) is 5.69 Å². The van der Waals surface area contributed by atoms with Crippen molar-refractivity contribution in [3.8, 4) is 11.5 Å². The molecule has 10 heteroatoms. The van der Waals surface area contributed by atoms with Gasteiger partial charge in [0.15, 0.2) is 11.5 Å². The molecule has 1 fully saturated rings. The van der Waals surface area contributed by atoms with E-state index in [1.165, 1.54) is 12.0 Å². The number of rotatable bonds is 7.